The van der Waals surface area contributed by atoms with Crippen LogP contribution in [0.5, 0.6) is 0 Å². The zero-order valence-electron chi connectivity index (χ0n) is 20.2. The lowest BCUT2D eigenvalue weighted by atomic mass is 9.87. The van der Waals surface area contributed by atoms with Crippen LogP contribution in [0.1, 0.15) is 51.7 Å². The van der Waals surface area contributed by atoms with Gasteiger partial charge in [-0.15, -0.1) is 0 Å². The minimum absolute atomic E-state index is 0.0462. The van der Waals surface area contributed by atoms with E-state index in [4.69, 9.17) is 21.4 Å². The smallest absolute Gasteiger partial charge is 0.404 e. The molecule has 1 saturated heterocycles. The van der Waals surface area contributed by atoms with Gasteiger partial charge in [-0.05, 0) is 49.4 Å². The highest BCUT2D eigenvalue weighted by molar-refractivity contribution is 6.30. The number of piperidine rings is 1. The molecule has 1 heterocycles. The summed E-state index contributed by atoms with van der Waals surface area (Å²) < 4.78 is 6.13. The van der Waals surface area contributed by atoms with Crippen LogP contribution >= 0.6 is 11.6 Å². The summed E-state index contributed by atoms with van der Waals surface area (Å²) in [5, 5.41) is 18.1. The molecule has 0 spiro atoms. The Bertz CT molecular complexity index is 771. The second-order valence-electron chi connectivity index (χ2n) is 9.90. The molecule has 33 heavy (non-hydrogen) atoms. The van der Waals surface area contributed by atoms with Gasteiger partial charge in [0.2, 0.25) is 0 Å². The highest BCUT2D eigenvalue weighted by atomic mass is 35.5. The van der Waals surface area contributed by atoms with Crippen molar-refractivity contribution >= 4 is 23.7 Å². The second kappa shape index (κ2) is 13.0. The minimum atomic E-state index is -1.08. The van der Waals surface area contributed by atoms with Gasteiger partial charge in [-0.1, -0.05) is 44.5 Å². The Morgan fingerprint density at radius 1 is 1.33 bits per heavy atom. The van der Waals surface area contributed by atoms with E-state index in [-0.39, 0.29) is 42.7 Å². The lowest BCUT2D eigenvalue weighted by molar-refractivity contribution is -0.00852. The number of urea groups is 1. The Labute approximate surface area is 202 Å². The number of amides is 3. The molecular weight excluding hydrogens is 444 g/mol. The van der Waals surface area contributed by atoms with Gasteiger partial charge in [0.15, 0.2) is 0 Å². The lowest BCUT2D eigenvalue weighted by Crippen LogP contribution is -2.52. The van der Waals surface area contributed by atoms with Crippen LogP contribution in [0.4, 0.5) is 9.59 Å². The maximum atomic E-state index is 13.1. The first-order valence-corrected chi connectivity index (χ1v) is 12.0. The average molecular weight is 483 g/mol. The van der Waals surface area contributed by atoms with Crippen LogP contribution in [0, 0.1) is 11.3 Å². The van der Waals surface area contributed by atoms with E-state index in [1.165, 1.54) is 0 Å². The number of halogens is 1. The predicted octanol–water partition coefficient (Wildman–Crippen LogP) is 4.11. The van der Waals surface area contributed by atoms with Gasteiger partial charge in [0, 0.05) is 43.2 Å². The van der Waals surface area contributed by atoms with Gasteiger partial charge in [-0.25, -0.2) is 9.59 Å². The summed E-state index contributed by atoms with van der Waals surface area (Å²) in [6.07, 6.45) is 1.31. The maximum Gasteiger partial charge on any atom is 0.404 e. The first-order chi connectivity index (χ1) is 15.6. The maximum absolute atomic E-state index is 13.1. The predicted molar refractivity (Wildman–Crippen MR) is 131 cm³/mol. The van der Waals surface area contributed by atoms with Crippen molar-refractivity contribution in [3.63, 3.8) is 0 Å². The van der Waals surface area contributed by atoms with E-state index in [1.807, 2.05) is 36.2 Å². The second-order valence-corrected chi connectivity index (χ2v) is 10.3. The molecule has 1 aliphatic heterocycles. The molecule has 0 bridgehead atoms. The molecule has 4 N–H and O–H groups in total. The van der Waals surface area contributed by atoms with Crippen molar-refractivity contribution < 1.29 is 19.4 Å². The standard InChI is InChI=1S/C24H39ClN4O4/c1-24(2,3)14-20(15-26-4)28-22(30)29-11-6-8-18(16-29)21(33-12-10-27-23(31)32)17-7-5-9-19(25)13-17/h5,7,9,13,18,20-21,26-27H,6,8,10-12,14-16H2,1-4H3,(H,28,30)(H,31,32)/t18?,20?,21-/m0/s1. The molecule has 0 radical (unpaired) electrons. The van der Waals surface area contributed by atoms with E-state index in [0.717, 1.165) is 24.8 Å². The van der Waals surface area contributed by atoms with Gasteiger partial charge in [0.25, 0.3) is 0 Å². The number of rotatable bonds is 10. The molecule has 0 aliphatic carbocycles. The molecule has 0 aromatic heterocycles. The van der Waals surface area contributed by atoms with Crippen molar-refractivity contribution in [2.75, 3.05) is 39.8 Å². The SMILES string of the molecule is CNCC(CC(C)(C)C)NC(=O)N1CCCC([C@@H](OCCNC(=O)O)c2cccc(Cl)c2)C1. The summed E-state index contributed by atoms with van der Waals surface area (Å²) >= 11 is 6.22. The molecular formula is C24H39ClN4O4. The molecule has 1 aromatic rings. The number of carboxylic acid groups (broad SMARTS) is 1. The third-order valence-electron chi connectivity index (χ3n) is 5.66. The topological polar surface area (TPSA) is 103 Å². The quantitative estimate of drug-likeness (QED) is 0.376. The van der Waals surface area contributed by atoms with E-state index in [2.05, 4.69) is 36.7 Å². The Balaban J connectivity index is 2.08. The summed E-state index contributed by atoms with van der Waals surface area (Å²) in [7, 11) is 1.89. The van der Waals surface area contributed by atoms with Crippen LogP contribution in [-0.2, 0) is 4.74 Å². The zero-order valence-corrected chi connectivity index (χ0v) is 21.0. The molecule has 1 aromatic carbocycles. The Morgan fingerprint density at radius 3 is 2.73 bits per heavy atom. The highest BCUT2D eigenvalue weighted by Crippen LogP contribution is 2.34. The molecule has 3 atom stereocenters. The molecule has 8 nitrogen and oxygen atoms in total. The van der Waals surface area contributed by atoms with Gasteiger partial charge in [-0.2, -0.15) is 0 Å². The van der Waals surface area contributed by atoms with Gasteiger partial charge < -0.3 is 30.7 Å². The molecule has 2 rings (SSSR count). The number of ether oxygens (including phenoxy) is 1. The van der Waals surface area contributed by atoms with Crippen molar-refractivity contribution in [1.82, 2.24) is 20.9 Å². The van der Waals surface area contributed by atoms with E-state index >= 15 is 0 Å². The third-order valence-corrected chi connectivity index (χ3v) is 5.90. The Kier molecular flexibility index (Phi) is 10.7. The van der Waals surface area contributed by atoms with Crippen LogP contribution in [0.3, 0.4) is 0 Å². The molecule has 2 unspecified atom stereocenters. The minimum Gasteiger partial charge on any atom is -0.465 e. The first kappa shape index (κ1) is 27.2. The van der Waals surface area contributed by atoms with Gasteiger partial charge in [0.1, 0.15) is 0 Å². The Hall–Kier alpha value is -2.03. The van der Waals surface area contributed by atoms with Gasteiger partial charge in [0.05, 0.1) is 12.7 Å². The van der Waals surface area contributed by atoms with Crippen LogP contribution in [0.25, 0.3) is 0 Å². The number of likely N-dealkylation sites (N-methyl/N-ethyl adjacent to an activating group) is 1. The average Bonchev–Trinajstić information content (AvgIpc) is 2.72. The monoisotopic (exact) mass is 482 g/mol. The van der Waals surface area contributed by atoms with Crippen LogP contribution in [-0.4, -0.2) is 68.0 Å². The first-order valence-electron chi connectivity index (χ1n) is 11.6. The summed E-state index contributed by atoms with van der Waals surface area (Å²) in [5.74, 6) is 0.0816. The largest absolute Gasteiger partial charge is 0.465 e. The van der Waals surface area contributed by atoms with Crippen molar-refractivity contribution in [1.29, 1.82) is 0 Å². The van der Waals surface area contributed by atoms with Crippen LogP contribution in [0.2, 0.25) is 5.02 Å². The van der Waals surface area contributed by atoms with E-state index in [0.29, 0.717) is 24.7 Å². The molecule has 1 fully saturated rings. The number of hydrogen-bond acceptors (Lipinski definition) is 4. The summed E-state index contributed by atoms with van der Waals surface area (Å²) in [5.41, 5.74) is 1.04. The van der Waals surface area contributed by atoms with Crippen LogP contribution in [0.15, 0.2) is 24.3 Å². The van der Waals surface area contributed by atoms with Crippen molar-refractivity contribution in [2.45, 2.75) is 52.2 Å². The summed E-state index contributed by atoms with van der Waals surface area (Å²) in [4.78, 5) is 25.7. The molecule has 0 saturated carbocycles. The van der Waals surface area contributed by atoms with Crippen molar-refractivity contribution in [3.8, 4) is 0 Å². The highest BCUT2D eigenvalue weighted by Gasteiger charge is 2.32. The number of carbonyl (C=O) groups excluding carboxylic acids is 1. The number of likely N-dealkylation sites (tertiary alicyclic amines) is 1. The molecule has 9 heteroatoms. The number of carbonyl (C=O) groups is 2. The van der Waals surface area contributed by atoms with E-state index in [9.17, 15) is 9.59 Å². The number of nitrogens with zero attached hydrogens (tertiary/aromatic N) is 1. The fraction of sp³-hybridized carbons (Fsp3) is 0.667. The fourth-order valence-electron chi connectivity index (χ4n) is 4.40. The molecule has 3 amide bonds. The number of nitrogens with one attached hydrogen (secondary N) is 3. The summed E-state index contributed by atoms with van der Waals surface area (Å²) in [6, 6.07) is 7.53. The van der Waals surface area contributed by atoms with Crippen LogP contribution < -0.4 is 16.0 Å². The normalized spacial score (nSPS) is 18.5. The number of hydrogen-bond donors (Lipinski definition) is 4. The van der Waals surface area contributed by atoms with Gasteiger partial charge >= 0.3 is 12.1 Å². The molecule has 186 valence electrons. The van der Waals surface area contributed by atoms with Gasteiger partial charge in [-0.3, -0.25) is 0 Å². The lowest BCUT2D eigenvalue weighted by Gasteiger charge is -2.38. The molecule has 1 aliphatic rings. The van der Waals surface area contributed by atoms with E-state index < -0.39 is 6.09 Å². The fourth-order valence-corrected chi connectivity index (χ4v) is 4.60. The third kappa shape index (κ3) is 9.78. The number of benzene rings is 1. The van der Waals surface area contributed by atoms with Crippen molar-refractivity contribution in [3.05, 3.63) is 34.9 Å². The zero-order chi connectivity index (χ0) is 24.4. The van der Waals surface area contributed by atoms with E-state index in [1.54, 1.807) is 0 Å². The van der Waals surface area contributed by atoms with Crippen molar-refractivity contribution in [2.24, 2.45) is 11.3 Å². The Morgan fingerprint density at radius 2 is 2.09 bits per heavy atom. The summed E-state index contributed by atoms with van der Waals surface area (Å²) in [6.45, 7) is 8.93.